The smallest absolute Gasteiger partial charge is 0.182 e. The highest BCUT2D eigenvalue weighted by molar-refractivity contribution is 5.86. The first kappa shape index (κ1) is 12.0. The monoisotopic (exact) mass is 258 g/mol. The lowest BCUT2D eigenvalue weighted by molar-refractivity contribution is -0.131. The summed E-state index contributed by atoms with van der Waals surface area (Å²) in [4.78, 5) is 13.6. The zero-order chi connectivity index (χ0) is 13.2. The van der Waals surface area contributed by atoms with E-state index in [1.165, 1.54) is 10.4 Å². The first-order valence-corrected chi connectivity index (χ1v) is 6.19. The highest BCUT2D eigenvalue weighted by Crippen LogP contribution is 2.28. The van der Waals surface area contributed by atoms with Crippen LogP contribution in [0.5, 0.6) is 0 Å². The summed E-state index contributed by atoms with van der Waals surface area (Å²) in [5.41, 5.74) is 2.14. The Hall–Kier alpha value is -2.08. The van der Waals surface area contributed by atoms with Crippen LogP contribution in [0.1, 0.15) is 23.1 Å². The van der Waals surface area contributed by atoms with Gasteiger partial charge in [0, 0.05) is 0 Å². The van der Waals surface area contributed by atoms with Crippen LogP contribution in [0.25, 0.3) is 0 Å². The maximum atomic E-state index is 12.3. The number of hydrogen-bond donors (Lipinski definition) is 0. The molecule has 1 aromatic carbocycles. The Bertz CT molecular complexity index is 608. The van der Waals surface area contributed by atoms with E-state index in [1.807, 2.05) is 24.3 Å². The van der Waals surface area contributed by atoms with E-state index < -0.39 is 6.10 Å². The predicted octanol–water partition coefficient (Wildman–Crippen LogP) is 0.636. The number of aryl methyl sites for hydroxylation is 1. The Morgan fingerprint density at radius 2 is 2.32 bits per heavy atom. The molecular weight excluding hydrogens is 244 g/mol. The van der Waals surface area contributed by atoms with Crippen molar-refractivity contribution < 1.29 is 9.53 Å². The third-order valence-corrected chi connectivity index (χ3v) is 3.17. The molecule has 2 aromatic rings. The molecule has 0 fully saturated rings. The van der Waals surface area contributed by atoms with E-state index in [2.05, 4.69) is 15.4 Å². The first-order valence-electron chi connectivity index (χ1n) is 6.19. The summed E-state index contributed by atoms with van der Waals surface area (Å²) in [5.74, 6) is 0.402. The zero-order valence-electron chi connectivity index (χ0n) is 10.6. The maximum absolute atomic E-state index is 12.3. The maximum Gasteiger partial charge on any atom is 0.182 e. The van der Waals surface area contributed by atoms with Crippen molar-refractivity contribution in [2.24, 2.45) is 7.05 Å². The number of hydrogen-bond acceptors (Lipinski definition) is 5. The largest absolute Gasteiger partial charge is 0.365 e. The normalized spacial score (nSPS) is 18.1. The molecule has 1 atom stereocenters. The Balaban J connectivity index is 1.81. The number of carbonyl (C=O) groups excluding carboxylic acids is 1. The van der Waals surface area contributed by atoms with Crippen molar-refractivity contribution in [3.8, 4) is 0 Å². The Labute approximate surface area is 110 Å². The fraction of sp³-hybridized carbons (Fsp3) is 0.385. The van der Waals surface area contributed by atoms with Crippen molar-refractivity contribution in [1.82, 2.24) is 20.2 Å². The summed E-state index contributed by atoms with van der Waals surface area (Å²) < 4.78 is 5.61. The zero-order valence-corrected chi connectivity index (χ0v) is 10.6. The van der Waals surface area contributed by atoms with Crippen LogP contribution in [0.15, 0.2) is 24.3 Å². The fourth-order valence-corrected chi connectivity index (χ4v) is 2.30. The average molecular weight is 258 g/mol. The molecule has 1 unspecified atom stereocenters. The topological polar surface area (TPSA) is 69.9 Å². The molecule has 98 valence electrons. The molecule has 1 aliphatic rings. The number of nitrogens with zero attached hydrogens (tertiary/aromatic N) is 4. The second kappa shape index (κ2) is 4.89. The van der Waals surface area contributed by atoms with Gasteiger partial charge in [0.15, 0.2) is 11.6 Å². The van der Waals surface area contributed by atoms with Gasteiger partial charge in [0.2, 0.25) is 0 Å². The minimum absolute atomic E-state index is 0.0276. The molecule has 0 bridgehead atoms. The van der Waals surface area contributed by atoms with Crippen LogP contribution in [0.4, 0.5) is 0 Å². The molecule has 0 radical (unpaired) electrons. The molecule has 0 aliphatic carbocycles. The van der Waals surface area contributed by atoms with Gasteiger partial charge in [-0.25, -0.2) is 0 Å². The number of benzene rings is 1. The van der Waals surface area contributed by atoms with Crippen molar-refractivity contribution in [1.29, 1.82) is 0 Å². The molecule has 0 spiro atoms. The highest BCUT2D eigenvalue weighted by Gasteiger charge is 2.27. The lowest BCUT2D eigenvalue weighted by Crippen LogP contribution is -2.25. The molecule has 1 aromatic heterocycles. The number of carbonyl (C=O) groups is 1. The van der Waals surface area contributed by atoms with Gasteiger partial charge in [-0.05, 0) is 22.8 Å². The van der Waals surface area contributed by atoms with E-state index in [0.29, 0.717) is 12.4 Å². The van der Waals surface area contributed by atoms with Gasteiger partial charge in [-0.15, -0.1) is 10.2 Å². The van der Waals surface area contributed by atoms with Crippen LogP contribution in [-0.4, -0.2) is 32.6 Å². The lowest BCUT2D eigenvalue weighted by Gasteiger charge is -2.24. The quantitative estimate of drug-likeness (QED) is 0.807. The van der Waals surface area contributed by atoms with Gasteiger partial charge in [0.1, 0.15) is 6.10 Å². The van der Waals surface area contributed by atoms with Crippen LogP contribution in [0.3, 0.4) is 0 Å². The van der Waals surface area contributed by atoms with E-state index in [0.717, 1.165) is 12.0 Å². The molecular formula is C13H14N4O2. The minimum Gasteiger partial charge on any atom is -0.365 e. The second-order valence-electron chi connectivity index (χ2n) is 4.54. The van der Waals surface area contributed by atoms with Crippen molar-refractivity contribution >= 4 is 5.78 Å². The van der Waals surface area contributed by atoms with E-state index >= 15 is 0 Å². The molecule has 2 heterocycles. The number of ketones is 1. The first-order chi connectivity index (χ1) is 9.24. The second-order valence-corrected chi connectivity index (χ2v) is 4.54. The number of tetrazole rings is 1. The lowest BCUT2D eigenvalue weighted by atomic mass is 9.94. The van der Waals surface area contributed by atoms with Gasteiger partial charge in [-0.3, -0.25) is 4.79 Å². The Kier molecular flexibility index (Phi) is 3.08. The van der Waals surface area contributed by atoms with Crippen LogP contribution < -0.4 is 0 Å². The highest BCUT2D eigenvalue weighted by atomic mass is 16.5. The third kappa shape index (κ3) is 2.39. The van der Waals surface area contributed by atoms with Crippen molar-refractivity contribution in [2.45, 2.75) is 18.9 Å². The molecule has 1 aliphatic heterocycles. The van der Waals surface area contributed by atoms with Crippen LogP contribution >= 0.6 is 0 Å². The molecule has 0 saturated carbocycles. The SMILES string of the molecule is Cn1nnc(CC(=O)C2OCCc3ccccc32)n1. The number of aromatic nitrogens is 4. The molecule has 19 heavy (non-hydrogen) atoms. The van der Waals surface area contributed by atoms with Crippen molar-refractivity contribution in [3.63, 3.8) is 0 Å². The molecule has 6 nitrogen and oxygen atoms in total. The summed E-state index contributed by atoms with van der Waals surface area (Å²) in [6.45, 7) is 0.571. The Morgan fingerprint density at radius 3 is 3.11 bits per heavy atom. The number of fused-ring (bicyclic) bond motifs is 1. The van der Waals surface area contributed by atoms with Crippen LogP contribution in [-0.2, 0) is 29.4 Å². The van der Waals surface area contributed by atoms with Gasteiger partial charge in [-0.2, -0.15) is 4.80 Å². The van der Waals surface area contributed by atoms with Gasteiger partial charge < -0.3 is 4.74 Å². The number of rotatable bonds is 3. The van der Waals surface area contributed by atoms with E-state index in [9.17, 15) is 4.79 Å². The molecule has 0 saturated heterocycles. The van der Waals surface area contributed by atoms with E-state index in [1.54, 1.807) is 7.05 Å². The number of ether oxygens (including phenoxy) is 1. The van der Waals surface area contributed by atoms with E-state index in [-0.39, 0.29) is 12.2 Å². The molecule has 0 amide bonds. The van der Waals surface area contributed by atoms with Crippen LogP contribution in [0, 0.1) is 0 Å². The summed E-state index contributed by atoms with van der Waals surface area (Å²) in [7, 11) is 1.67. The minimum atomic E-state index is -0.506. The molecule has 3 rings (SSSR count). The molecule has 0 N–H and O–H groups in total. The van der Waals surface area contributed by atoms with Gasteiger partial charge in [-0.1, -0.05) is 24.3 Å². The summed E-state index contributed by atoms with van der Waals surface area (Å²) in [5, 5.41) is 11.6. The van der Waals surface area contributed by atoms with Gasteiger partial charge in [0.05, 0.1) is 20.1 Å². The number of Topliss-reactive ketones (excluding diaryl/α,β-unsaturated/α-hetero) is 1. The van der Waals surface area contributed by atoms with Gasteiger partial charge >= 0.3 is 0 Å². The standard InChI is InChI=1S/C13H14N4O2/c1-17-15-12(14-16-17)8-11(18)13-10-5-3-2-4-9(10)6-7-19-13/h2-5,13H,6-8H2,1H3. The van der Waals surface area contributed by atoms with Crippen LogP contribution in [0.2, 0.25) is 0 Å². The summed E-state index contributed by atoms with van der Waals surface area (Å²) in [6.07, 6.45) is 0.490. The average Bonchev–Trinajstić information content (AvgIpc) is 2.83. The summed E-state index contributed by atoms with van der Waals surface area (Å²) in [6, 6.07) is 7.89. The fourth-order valence-electron chi connectivity index (χ4n) is 2.30. The third-order valence-electron chi connectivity index (χ3n) is 3.17. The van der Waals surface area contributed by atoms with E-state index in [4.69, 9.17) is 4.74 Å². The Morgan fingerprint density at radius 1 is 1.47 bits per heavy atom. The molecule has 6 heteroatoms. The predicted molar refractivity (Wildman–Crippen MR) is 66.3 cm³/mol. The van der Waals surface area contributed by atoms with Gasteiger partial charge in [0.25, 0.3) is 0 Å². The summed E-state index contributed by atoms with van der Waals surface area (Å²) >= 11 is 0. The van der Waals surface area contributed by atoms with Crippen molar-refractivity contribution in [3.05, 3.63) is 41.2 Å². The van der Waals surface area contributed by atoms with Crippen molar-refractivity contribution in [2.75, 3.05) is 6.61 Å².